The maximum absolute atomic E-state index is 12.8. The number of amides is 1. The van der Waals surface area contributed by atoms with Crippen LogP contribution in [0, 0.1) is 0 Å². The lowest BCUT2D eigenvalue weighted by Gasteiger charge is -2.26. The van der Waals surface area contributed by atoms with Crippen LogP contribution in [0.2, 0.25) is 0 Å². The van der Waals surface area contributed by atoms with E-state index in [2.05, 4.69) is 24.1 Å². The Balaban J connectivity index is 2.06. The number of aliphatic hydroxyl groups is 1. The third-order valence-electron chi connectivity index (χ3n) is 4.95. The molecular weight excluding hydrogens is 382 g/mol. The fourth-order valence-electron chi connectivity index (χ4n) is 3.09. The van der Waals surface area contributed by atoms with Crippen molar-refractivity contribution in [3.05, 3.63) is 29.8 Å². The molecule has 1 aliphatic heterocycles. The average Bonchev–Trinajstić information content (AvgIpc) is 2.74. The molecule has 158 valence electrons. The Morgan fingerprint density at radius 1 is 1.29 bits per heavy atom. The largest absolute Gasteiger partial charge is 0.394 e. The highest BCUT2D eigenvalue weighted by Gasteiger charge is 2.27. The van der Waals surface area contributed by atoms with Crippen molar-refractivity contribution in [3.8, 4) is 0 Å². The summed E-state index contributed by atoms with van der Waals surface area (Å²) in [5.41, 5.74) is 0.260. The number of nitrogens with one attached hydrogen (secondary N) is 1. The molecule has 2 N–H and O–H groups in total. The number of benzene rings is 1. The summed E-state index contributed by atoms with van der Waals surface area (Å²) < 4.78 is 32.1. The van der Waals surface area contributed by atoms with E-state index in [1.165, 1.54) is 16.4 Å². The Bertz CT molecular complexity index is 731. The van der Waals surface area contributed by atoms with Crippen molar-refractivity contribution in [1.29, 1.82) is 0 Å². The first kappa shape index (κ1) is 22.8. The van der Waals surface area contributed by atoms with E-state index in [0.717, 1.165) is 19.6 Å². The summed E-state index contributed by atoms with van der Waals surface area (Å²) in [6, 6.07) is 5.64. The SMILES string of the molecule is CCN(CC)CC[C@H](CO)NC(=O)c1cccc(S(=O)(=O)N2CCOCC2)c1. The summed E-state index contributed by atoms with van der Waals surface area (Å²) >= 11 is 0. The zero-order valence-electron chi connectivity index (χ0n) is 16.6. The predicted octanol–water partition coefficient (Wildman–Crippen LogP) is 0.530. The van der Waals surface area contributed by atoms with E-state index in [4.69, 9.17) is 4.74 Å². The van der Waals surface area contributed by atoms with Gasteiger partial charge in [-0.25, -0.2) is 8.42 Å². The van der Waals surface area contributed by atoms with Crippen LogP contribution in [0.25, 0.3) is 0 Å². The van der Waals surface area contributed by atoms with Gasteiger partial charge >= 0.3 is 0 Å². The molecule has 0 aromatic heterocycles. The molecule has 0 saturated carbocycles. The minimum absolute atomic E-state index is 0.0886. The quantitative estimate of drug-likeness (QED) is 0.581. The van der Waals surface area contributed by atoms with Gasteiger partial charge in [0.05, 0.1) is 30.8 Å². The van der Waals surface area contributed by atoms with Crippen LogP contribution in [-0.4, -0.2) is 87.2 Å². The molecule has 1 heterocycles. The molecule has 0 radical (unpaired) electrons. The molecule has 1 fully saturated rings. The second-order valence-corrected chi connectivity index (χ2v) is 8.65. The Labute approximate surface area is 167 Å². The van der Waals surface area contributed by atoms with E-state index < -0.39 is 15.9 Å². The average molecular weight is 414 g/mol. The van der Waals surface area contributed by atoms with Crippen molar-refractivity contribution in [1.82, 2.24) is 14.5 Å². The van der Waals surface area contributed by atoms with E-state index in [9.17, 15) is 18.3 Å². The van der Waals surface area contributed by atoms with Crippen molar-refractivity contribution in [2.75, 3.05) is 52.5 Å². The fourth-order valence-corrected chi connectivity index (χ4v) is 4.54. The Morgan fingerprint density at radius 2 is 1.96 bits per heavy atom. The highest BCUT2D eigenvalue weighted by atomic mass is 32.2. The van der Waals surface area contributed by atoms with Gasteiger partial charge in [-0.1, -0.05) is 19.9 Å². The number of aliphatic hydroxyl groups excluding tert-OH is 1. The topological polar surface area (TPSA) is 99.2 Å². The molecule has 0 aliphatic carbocycles. The van der Waals surface area contributed by atoms with Crippen LogP contribution in [0.5, 0.6) is 0 Å². The van der Waals surface area contributed by atoms with Crippen LogP contribution in [0.4, 0.5) is 0 Å². The van der Waals surface area contributed by atoms with Crippen LogP contribution < -0.4 is 5.32 Å². The number of hydrogen-bond acceptors (Lipinski definition) is 6. The molecular formula is C19H31N3O5S. The molecule has 1 saturated heterocycles. The highest BCUT2D eigenvalue weighted by Crippen LogP contribution is 2.18. The summed E-state index contributed by atoms with van der Waals surface area (Å²) in [6.07, 6.45) is 0.621. The first-order valence-electron chi connectivity index (χ1n) is 9.74. The van der Waals surface area contributed by atoms with Crippen molar-refractivity contribution in [2.24, 2.45) is 0 Å². The smallest absolute Gasteiger partial charge is 0.251 e. The third kappa shape index (κ3) is 5.99. The first-order valence-corrected chi connectivity index (χ1v) is 11.2. The van der Waals surface area contributed by atoms with Gasteiger partial charge in [-0.05, 0) is 37.7 Å². The number of carbonyl (C=O) groups excluding carboxylic acids is 1. The molecule has 0 unspecified atom stereocenters. The van der Waals surface area contributed by atoms with E-state index in [1.54, 1.807) is 12.1 Å². The van der Waals surface area contributed by atoms with Crippen LogP contribution in [0.3, 0.4) is 0 Å². The normalized spacial score (nSPS) is 16.9. The van der Waals surface area contributed by atoms with Crippen molar-refractivity contribution in [3.63, 3.8) is 0 Å². The number of nitrogens with zero attached hydrogens (tertiary/aromatic N) is 2. The summed E-state index contributed by atoms with van der Waals surface area (Å²) in [5, 5.41) is 12.4. The van der Waals surface area contributed by atoms with Gasteiger partial charge in [0, 0.05) is 25.2 Å². The molecule has 28 heavy (non-hydrogen) atoms. The molecule has 8 nitrogen and oxygen atoms in total. The summed E-state index contributed by atoms with van der Waals surface area (Å²) in [4.78, 5) is 14.9. The predicted molar refractivity (Wildman–Crippen MR) is 107 cm³/mol. The first-order chi connectivity index (χ1) is 13.4. The van der Waals surface area contributed by atoms with Gasteiger partial charge in [-0.15, -0.1) is 0 Å². The molecule has 9 heteroatoms. The summed E-state index contributed by atoms with van der Waals surface area (Å²) in [6.45, 7) is 7.88. The van der Waals surface area contributed by atoms with Gasteiger partial charge in [0.25, 0.3) is 5.91 Å². The molecule has 1 atom stereocenters. The Morgan fingerprint density at radius 3 is 2.57 bits per heavy atom. The van der Waals surface area contributed by atoms with Gasteiger partial charge in [0.1, 0.15) is 0 Å². The summed E-state index contributed by atoms with van der Waals surface area (Å²) in [7, 11) is -3.66. The van der Waals surface area contributed by atoms with Crippen LogP contribution in [-0.2, 0) is 14.8 Å². The fraction of sp³-hybridized carbons (Fsp3) is 0.632. The minimum atomic E-state index is -3.66. The van der Waals surface area contributed by atoms with Crippen molar-refractivity contribution < 1.29 is 23.1 Å². The number of sulfonamides is 1. The van der Waals surface area contributed by atoms with Gasteiger partial charge in [0.15, 0.2) is 0 Å². The number of ether oxygens (including phenoxy) is 1. The highest BCUT2D eigenvalue weighted by molar-refractivity contribution is 7.89. The standard InChI is InChI=1S/C19H31N3O5S/c1-3-21(4-2)9-8-17(15-23)20-19(24)16-6-5-7-18(14-16)28(25,26)22-10-12-27-13-11-22/h5-7,14,17,23H,3-4,8-13,15H2,1-2H3,(H,20,24)/t17-/m1/s1. The zero-order valence-corrected chi connectivity index (χ0v) is 17.5. The molecule has 1 aromatic rings. The van der Waals surface area contributed by atoms with Crippen LogP contribution in [0.1, 0.15) is 30.6 Å². The van der Waals surface area contributed by atoms with Gasteiger partial charge in [-0.2, -0.15) is 4.31 Å². The van der Waals surface area contributed by atoms with E-state index in [0.29, 0.717) is 32.7 Å². The molecule has 1 aliphatic rings. The maximum Gasteiger partial charge on any atom is 0.251 e. The molecule has 0 spiro atoms. The molecule has 1 aromatic carbocycles. The van der Waals surface area contributed by atoms with Crippen molar-refractivity contribution >= 4 is 15.9 Å². The molecule has 0 bridgehead atoms. The van der Waals surface area contributed by atoms with Gasteiger partial charge in [0.2, 0.25) is 10.0 Å². The zero-order chi connectivity index (χ0) is 20.6. The lowest BCUT2D eigenvalue weighted by molar-refractivity contribution is 0.0730. The van der Waals surface area contributed by atoms with E-state index >= 15 is 0 Å². The third-order valence-corrected chi connectivity index (χ3v) is 6.84. The minimum Gasteiger partial charge on any atom is -0.394 e. The Kier molecular flexibility index (Phi) is 8.84. The maximum atomic E-state index is 12.8. The number of morpholine rings is 1. The summed E-state index contributed by atoms with van der Waals surface area (Å²) in [5.74, 6) is -0.391. The van der Waals surface area contributed by atoms with Gasteiger partial charge in [-0.3, -0.25) is 4.79 Å². The van der Waals surface area contributed by atoms with Crippen molar-refractivity contribution in [2.45, 2.75) is 31.2 Å². The van der Waals surface area contributed by atoms with Crippen LogP contribution in [0.15, 0.2) is 29.2 Å². The lowest BCUT2D eigenvalue weighted by atomic mass is 10.1. The number of rotatable bonds is 10. The number of hydrogen-bond donors (Lipinski definition) is 2. The lowest BCUT2D eigenvalue weighted by Crippen LogP contribution is -2.41. The second-order valence-electron chi connectivity index (χ2n) is 6.71. The molecule has 1 amide bonds. The molecule has 2 rings (SSSR count). The number of carbonyl (C=O) groups is 1. The monoisotopic (exact) mass is 413 g/mol. The Hall–Kier alpha value is -1.52. The van der Waals surface area contributed by atoms with E-state index in [-0.39, 0.29) is 23.1 Å². The van der Waals surface area contributed by atoms with Crippen LogP contribution >= 0.6 is 0 Å². The van der Waals surface area contributed by atoms with E-state index in [1.807, 2.05) is 0 Å². The second kappa shape index (κ2) is 10.9. The van der Waals surface area contributed by atoms with Gasteiger partial charge < -0.3 is 20.1 Å².